The van der Waals surface area contributed by atoms with Gasteiger partial charge in [0, 0.05) is 12.1 Å². The van der Waals surface area contributed by atoms with Crippen molar-refractivity contribution in [1.29, 1.82) is 0 Å². The molecule has 1 heterocycles. The average Bonchev–Trinajstić information content (AvgIpc) is 3.27. The van der Waals surface area contributed by atoms with E-state index in [-0.39, 0.29) is 24.5 Å². The molecule has 1 saturated heterocycles. The van der Waals surface area contributed by atoms with Gasteiger partial charge in [0.05, 0.1) is 24.2 Å². The van der Waals surface area contributed by atoms with Gasteiger partial charge >= 0.3 is 5.97 Å². The van der Waals surface area contributed by atoms with Crippen LogP contribution in [0.1, 0.15) is 64.0 Å². The topological polar surface area (TPSA) is 76.1 Å². The van der Waals surface area contributed by atoms with Crippen molar-refractivity contribution in [2.45, 2.75) is 70.6 Å². The minimum Gasteiger partial charge on any atom is -0.491 e. The molecule has 1 saturated carbocycles. The molecule has 0 radical (unpaired) electrons. The van der Waals surface area contributed by atoms with Crippen LogP contribution < -0.4 is 14.4 Å². The van der Waals surface area contributed by atoms with Crippen molar-refractivity contribution in [3.05, 3.63) is 54.1 Å². The minimum atomic E-state index is -0.892. The van der Waals surface area contributed by atoms with Gasteiger partial charge in [-0.15, -0.1) is 0 Å². The summed E-state index contributed by atoms with van der Waals surface area (Å²) in [5.74, 6) is -0.140. The van der Waals surface area contributed by atoms with E-state index in [1.165, 1.54) is 12.8 Å². The molecule has 6 nitrogen and oxygen atoms in total. The largest absolute Gasteiger partial charge is 0.491 e. The molecular formula is C26H31NO5. The summed E-state index contributed by atoms with van der Waals surface area (Å²) in [6.07, 6.45) is 5.38. The van der Waals surface area contributed by atoms with Crippen LogP contribution in [-0.4, -0.2) is 29.2 Å². The van der Waals surface area contributed by atoms with E-state index in [1.807, 2.05) is 62.4 Å². The van der Waals surface area contributed by atoms with Crippen molar-refractivity contribution < 1.29 is 24.2 Å². The number of carbonyl (C=O) groups excluding carboxylic acids is 1. The Kier molecular flexibility index (Phi) is 6.68. The number of carboxylic acid groups (broad SMARTS) is 1. The van der Waals surface area contributed by atoms with Crippen LogP contribution in [0.4, 0.5) is 5.69 Å². The zero-order valence-electron chi connectivity index (χ0n) is 18.7. The van der Waals surface area contributed by atoms with Gasteiger partial charge < -0.3 is 19.5 Å². The van der Waals surface area contributed by atoms with Gasteiger partial charge in [0.25, 0.3) is 0 Å². The lowest BCUT2D eigenvalue weighted by atomic mass is 9.84. The first kappa shape index (κ1) is 22.2. The van der Waals surface area contributed by atoms with Crippen LogP contribution >= 0.6 is 0 Å². The molecule has 32 heavy (non-hydrogen) atoms. The van der Waals surface area contributed by atoms with E-state index in [0.29, 0.717) is 12.1 Å². The SMILES string of the molecule is CC(C)Oc1ccc([C@@H]2[C@@H](C(=O)O)CCC(=O)N2c2ccc(OC3CCCC3)cc2)cc1. The number of ether oxygens (including phenoxy) is 2. The van der Waals surface area contributed by atoms with Crippen molar-refractivity contribution in [2.24, 2.45) is 5.92 Å². The monoisotopic (exact) mass is 437 g/mol. The van der Waals surface area contributed by atoms with Crippen LogP contribution in [-0.2, 0) is 9.59 Å². The Hall–Kier alpha value is -3.02. The summed E-state index contributed by atoms with van der Waals surface area (Å²) >= 11 is 0. The zero-order valence-corrected chi connectivity index (χ0v) is 18.7. The summed E-state index contributed by atoms with van der Waals surface area (Å²) in [7, 11) is 0. The normalized spacial score (nSPS) is 21.7. The number of carboxylic acids is 1. The number of aliphatic carboxylic acids is 1. The average molecular weight is 438 g/mol. The maximum atomic E-state index is 13.0. The molecule has 2 aliphatic rings. The van der Waals surface area contributed by atoms with Crippen LogP contribution in [0.25, 0.3) is 0 Å². The lowest BCUT2D eigenvalue weighted by Gasteiger charge is -2.40. The molecule has 2 atom stereocenters. The van der Waals surface area contributed by atoms with Gasteiger partial charge in [0.15, 0.2) is 0 Å². The molecule has 0 bridgehead atoms. The Morgan fingerprint density at radius 2 is 1.59 bits per heavy atom. The first-order chi connectivity index (χ1) is 15.4. The summed E-state index contributed by atoms with van der Waals surface area (Å²) in [6.45, 7) is 3.91. The number of rotatable bonds is 7. The summed E-state index contributed by atoms with van der Waals surface area (Å²) < 4.78 is 11.8. The Morgan fingerprint density at radius 1 is 0.969 bits per heavy atom. The van der Waals surface area contributed by atoms with E-state index in [2.05, 4.69) is 0 Å². The molecule has 1 aliphatic carbocycles. The van der Waals surface area contributed by atoms with Gasteiger partial charge in [-0.1, -0.05) is 12.1 Å². The van der Waals surface area contributed by atoms with Crippen molar-refractivity contribution in [3.63, 3.8) is 0 Å². The molecule has 0 spiro atoms. The highest BCUT2D eigenvalue weighted by Gasteiger charge is 2.41. The molecule has 2 aromatic carbocycles. The quantitative estimate of drug-likeness (QED) is 0.631. The van der Waals surface area contributed by atoms with Crippen LogP contribution in [0.2, 0.25) is 0 Å². The molecule has 4 rings (SSSR count). The van der Waals surface area contributed by atoms with Crippen LogP contribution in [0.3, 0.4) is 0 Å². The molecule has 6 heteroatoms. The number of benzene rings is 2. The Labute approximate surface area is 189 Å². The molecule has 0 unspecified atom stereocenters. The highest BCUT2D eigenvalue weighted by atomic mass is 16.5. The second kappa shape index (κ2) is 9.63. The number of hydrogen-bond acceptors (Lipinski definition) is 4. The number of anilines is 1. The van der Waals surface area contributed by atoms with Gasteiger partial charge in [-0.2, -0.15) is 0 Å². The number of amides is 1. The van der Waals surface area contributed by atoms with Gasteiger partial charge in [-0.05, 0) is 87.9 Å². The molecule has 2 fully saturated rings. The van der Waals surface area contributed by atoms with E-state index >= 15 is 0 Å². The van der Waals surface area contributed by atoms with E-state index < -0.39 is 17.9 Å². The van der Waals surface area contributed by atoms with Crippen LogP contribution in [0.15, 0.2) is 48.5 Å². The highest BCUT2D eigenvalue weighted by molar-refractivity contribution is 5.96. The number of hydrogen-bond donors (Lipinski definition) is 1. The predicted octanol–water partition coefficient (Wildman–Crippen LogP) is 5.36. The number of piperidine rings is 1. The standard InChI is InChI=1S/C26H31NO5/c1-17(2)31-21-11-7-18(8-12-21)25-23(26(29)30)15-16-24(28)27(25)19-9-13-22(14-10-19)32-20-5-3-4-6-20/h7-14,17,20,23,25H,3-6,15-16H2,1-2H3,(H,29,30)/t23-,25+/m0/s1. The first-order valence-electron chi connectivity index (χ1n) is 11.5. The molecule has 1 amide bonds. The van der Waals surface area contributed by atoms with E-state index in [0.717, 1.165) is 29.9 Å². The van der Waals surface area contributed by atoms with Crippen molar-refractivity contribution in [2.75, 3.05) is 4.90 Å². The van der Waals surface area contributed by atoms with Crippen molar-refractivity contribution in [3.8, 4) is 11.5 Å². The number of nitrogens with zero attached hydrogens (tertiary/aromatic N) is 1. The molecular weight excluding hydrogens is 406 g/mol. The van der Waals surface area contributed by atoms with Crippen molar-refractivity contribution in [1.82, 2.24) is 0 Å². The maximum absolute atomic E-state index is 13.0. The smallest absolute Gasteiger partial charge is 0.308 e. The fourth-order valence-electron chi connectivity index (χ4n) is 4.74. The Morgan fingerprint density at radius 3 is 2.19 bits per heavy atom. The number of carbonyl (C=O) groups is 2. The molecule has 0 aromatic heterocycles. The Balaban J connectivity index is 1.62. The second-order valence-corrected chi connectivity index (χ2v) is 8.95. The second-order valence-electron chi connectivity index (χ2n) is 8.95. The molecule has 170 valence electrons. The fraction of sp³-hybridized carbons (Fsp3) is 0.462. The first-order valence-corrected chi connectivity index (χ1v) is 11.5. The predicted molar refractivity (Wildman–Crippen MR) is 122 cm³/mol. The molecule has 2 aromatic rings. The summed E-state index contributed by atoms with van der Waals surface area (Å²) in [4.78, 5) is 26.7. The summed E-state index contributed by atoms with van der Waals surface area (Å²) in [6, 6.07) is 14.3. The fourth-order valence-corrected chi connectivity index (χ4v) is 4.74. The molecule has 1 aliphatic heterocycles. The highest BCUT2D eigenvalue weighted by Crippen LogP contribution is 2.41. The zero-order chi connectivity index (χ0) is 22.7. The third kappa shape index (κ3) is 4.90. The lowest BCUT2D eigenvalue weighted by Crippen LogP contribution is -2.45. The van der Waals surface area contributed by atoms with E-state index in [4.69, 9.17) is 9.47 Å². The van der Waals surface area contributed by atoms with Crippen LogP contribution in [0, 0.1) is 5.92 Å². The molecule has 1 N–H and O–H groups in total. The Bertz CT molecular complexity index is 932. The van der Waals surface area contributed by atoms with Crippen molar-refractivity contribution >= 4 is 17.6 Å². The van der Waals surface area contributed by atoms with Gasteiger partial charge in [-0.25, -0.2) is 0 Å². The summed E-state index contributed by atoms with van der Waals surface area (Å²) in [5.41, 5.74) is 1.47. The van der Waals surface area contributed by atoms with Gasteiger partial charge in [-0.3, -0.25) is 9.59 Å². The van der Waals surface area contributed by atoms with E-state index in [9.17, 15) is 14.7 Å². The van der Waals surface area contributed by atoms with Crippen LogP contribution in [0.5, 0.6) is 11.5 Å². The third-order valence-electron chi connectivity index (χ3n) is 6.23. The maximum Gasteiger partial charge on any atom is 0.308 e. The minimum absolute atomic E-state index is 0.0466. The third-order valence-corrected chi connectivity index (χ3v) is 6.23. The summed E-state index contributed by atoms with van der Waals surface area (Å²) in [5, 5.41) is 9.92. The van der Waals surface area contributed by atoms with E-state index in [1.54, 1.807) is 4.90 Å². The van der Waals surface area contributed by atoms with Gasteiger partial charge in [0.1, 0.15) is 11.5 Å². The van der Waals surface area contributed by atoms with Gasteiger partial charge in [0.2, 0.25) is 5.91 Å². The lowest BCUT2D eigenvalue weighted by molar-refractivity contribution is -0.144.